The van der Waals surface area contributed by atoms with E-state index in [2.05, 4.69) is 221 Å². The summed E-state index contributed by atoms with van der Waals surface area (Å²) in [7, 11) is 0. The number of aliphatic hydroxyl groups is 1. The zero-order valence-electron chi connectivity index (χ0n) is 73.9. The molecule has 0 atom stereocenters. The summed E-state index contributed by atoms with van der Waals surface area (Å²) in [6, 6.07) is 152. The molecule has 0 aliphatic rings. The second-order valence-electron chi connectivity index (χ2n) is 29.8. The number of pyridine rings is 7. The number of hydrogen-bond donors (Lipinski definition) is 1. The summed E-state index contributed by atoms with van der Waals surface area (Å²) in [4.78, 5) is 41.4. The molecule has 9 nitrogen and oxygen atoms in total. The number of carbonyl (C=O) groups is 1. The Morgan fingerprint density at radius 2 is 0.523 bits per heavy atom. The summed E-state index contributed by atoms with van der Waals surface area (Å²) < 4.78 is 0. The van der Waals surface area contributed by atoms with Gasteiger partial charge in [0.1, 0.15) is 0 Å². The molecule has 0 aliphatic carbocycles. The largest absolute Gasteiger partial charge is 0.512 e. The third-order valence-electron chi connectivity index (χ3n) is 20.3. The van der Waals surface area contributed by atoms with Gasteiger partial charge in [0, 0.05) is 152 Å². The standard InChI is InChI=1S/C19H16N.3C18H14N.2C15H10N.C11H8N.C5H8O2.4Ir/c1-14-8-10-16(11-9-14)18-13-20-19(12-15(18)2)17-6-4-3-5-7-17;3*1-14-12-18(16-10-6-3-7-11-16)19-13-17(14)15-8-4-2-5-9-15;2*1-2-7-13(8-3-1)15-14-9-5-4-6-12(14)10-11-16-15;1-2-6-10(7-3-1)11-8-4-5-9-12-11;1-4(6)3-5(2)7;;;;/h3-6,8-13H,1-2H3;3*2-10,12-13H,1H3;2*1-7,9-11H;1-6,8-9H;3,6H,1-2H3;;;;/q7*-1;;;;;. The number of nitrogens with zero attached hydrogens (tertiary/aromatic N) is 7. The van der Waals surface area contributed by atoms with Gasteiger partial charge < -0.3 is 40.0 Å². The molecule has 0 unspecified atom stereocenters. The Morgan fingerprint density at radius 3 is 0.780 bits per heavy atom. The molecule has 0 bridgehead atoms. The summed E-state index contributed by atoms with van der Waals surface area (Å²) >= 11 is 0. The van der Waals surface area contributed by atoms with Crippen LogP contribution >= 0.6 is 0 Å². The fourth-order valence-corrected chi connectivity index (χ4v) is 13.9. The predicted molar refractivity (Wildman–Crippen MR) is 527 cm³/mol. The van der Waals surface area contributed by atoms with Crippen molar-refractivity contribution in [2.45, 2.75) is 48.5 Å². The van der Waals surface area contributed by atoms with E-state index in [-0.39, 0.29) is 92.0 Å². The maximum absolute atomic E-state index is 10.0. The Kier molecular flexibility index (Phi) is 41.7. The minimum atomic E-state index is -0.125. The van der Waals surface area contributed by atoms with Crippen LogP contribution < -0.4 is 0 Å². The molecule has 4 radical (unpaired) electrons. The minimum absolute atomic E-state index is 0. The molecule has 7 heterocycles. The minimum Gasteiger partial charge on any atom is -0.512 e. The molecular formula is C119H94Ir4N7O2-7. The van der Waals surface area contributed by atoms with Gasteiger partial charge in [-0.25, -0.2) is 0 Å². The zero-order valence-corrected chi connectivity index (χ0v) is 83.5. The number of allylic oxidation sites excluding steroid dienone is 2. The van der Waals surface area contributed by atoms with Crippen LogP contribution in [0.5, 0.6) is 0 Å². The van der Waals surface area contributed by atoms with E-state index in [1.807, 2.05) is 316 Å². The van der Waals surface area contributed by atoms with Crippen LogP contribution in [0.25, 0.3) is 145 Å². The maximum atomic E-state index is 10.0. The number of fused-ring (bicyclic) bond motifs is 2. The molecule has 660 valence electrons. The average Bonchev–Trinajstić information content (AvgIpc) is 0.761. The molecule has 0 amide bonds. The quantitative estimate of drug-likeness (QED) is 0.0722. The van der Waals surface area contributed by atoms with Crippen LogP contribution in [-0.4, -0.2) is 45.8 Å². The van der Waals surface area contributed by atoms with E-state index >= 15 is 0 Å². The Bertz CT molecular complexity index is 6410. The number of ketones is 1. The molecule has 0 fully saturated rings. The van der Waals surface area contributed by atoms with E-state index < -0.39 is 0 Å². The molecule has 7 aromatic heterocycles. The van der Waals surface area contributed by atoms with Gasteiger partial charge in [-0.1, -0.05) is 206 Å². The fraction of sp³-hybridized carbons (Fsp3) is 0.0588. The average molecular weight is 2420 g/mol. The zero-order chi connectivity index (χ0) is 88.9. The number of aromatic nitrogens is 7. The summed E-state index contributed by atoms with van der Waals surface area (Å²) in [6.45, 7) is 13.4. The van der Waals surface area contributed by atoms with Crippen molar-refractivity contribution in [1.82, 2.24) is 34.9 Å². The van der Waals surface area contributed by atoms with Crippen LogP contribution in [0.2, 0.25) is 0 Å². The second kappa shape index (κ2) is 54.0. The van der Waals surface area contributed by atoms with Crippen LogP contribution in [0.4, 0.5) is 0 Å². The number of aliphatic hydroxyl groups excluding tert-OH is 1. The monoisotopic (exact) mass is 2420 g/mol. The first-order valence-electron chi connectivity index (χ1n) is 42.1. The number of aryl methyl sites for hydroxylation is 5. The van der Waals surface area contributed by atoms with Gasteiger partial charge >= 0.3 is 0 Å². The van der Waals surface area contributed by atoms with Crippen molar-refractivity contribution in [2.75, 3.05) is 0 Å². The molecule has 20 aromatic rings. The van der Waals surface area contributed by atoms with Crippen LogP contribution in [0.3, 0.4) is 0 Å². The summed E-state index contributed by atoms with van der Waals surface area (Å²) in [5.74, 6) is -0.0625. The summed E-state index contributed by atoms with van der Waals surface area (Å²) in [5.41, 5.74) is 29.9. The molecule has 0 spiro atoms. The predicted octanol–water partition coefficient (Wildman–Crippen LogP) is 29.4. The van der Waals surface area contributed by atoms with Crippen molar-refractivity contribution in [1.29, 1.82) is 0 Å². The number of benzene rings is 13. The van der Waals surface area contributed by atoms with Gasteiger partial charge in [0.15, 0.2) is 5.78 Å². The Balaban J connectivity index is 0.000000171. The topological polar surface area (TPSA) is 128 Å². The molecule has 1 N–H and O–H groups in total. The summed E-state index contributed by atoms with van der Waals surface area (Å²) in [6.07, 6.45) is 14.4. The van der Waals surface area contributed by atoms with Crippen molar-refractivity contribution in [2.24, 2.45) is 0 Å². The second-order valence-corrected chi connectivity index (χ2v) is 29.8. The first-order chi connectivity index (χ1) is 62.8. The molecular weight excluding hydrogens is 2330 g/mol. The van der Waals surface area contributed by atoms with Crippen LogP contribution in [0, 0.1) is 77.1 Å². The maximum Gasteiger partial charge on any atom is 0.155 e. The van der Waals surface area contributed by atoms with Gasteiger partial charge in [0.05, 0.1) is 5.76 Å². The van der Waals surface area contributed by atoms with Crippen LogP contribution in [0.1, 0.15) is 41.7 Å². The molecule has 0 saturated heterocycles. The van der Waals surface area contributed by atoms with E-state index in [1.54, 1.807) is 6.20 Å². The first kappa shape index (κ1) is 102. The van der Waals surface area contributed by atoms with E-state index in [0.29, 0.717) is 0 Å². The smallest absolute Gasteiger partial charge is 0.155 e. The molecule has 0 aliphatic heterocycles. The van der Waals surface area contributed by atoms with Crippen molar-refractivity contribution >= 4 is 27.3 Å². The van der Waals surface area contributed by atoms with Gasteiger partial charge in [0.2, 0.25) is 0 Å². The van der Waals surface area contributed by atoms with Gasteiger partial charge in [-0.2, -0.15) is 0 Å². The van der Waals surface area contributed by atoms with Crippen molar-refractivity contribution < 1.29 is 90.3 Å². The first-order valence-corrected chi connectivity index (χ1v) is 42.1. The number of hydrogen-bond acceptors (Lipinski definition) is 9. The molecule has 13 aromatic carbocycles. The van der Waals surface area contributed by atoms with Gasteiger partial charge in [-0.15, -0.1) is 251 Å². The third kappa shape index (κ3) is 30.2. The van der Waals surface area contributed by atoms with Crippen molar-refractivity contribution in [3.05, 3.63) is 514 Å². The SMILES string of the molecule is CC(=O)C=C(C)O.Cc1cc(-c2[c-]cccc2)ncc1-c1ccccc1.Cc1cc(-c2[c-]cccc2)ncc1-c1ccccc1.Cc1cc(-c2[c-]cccc2)ncc1-c1ccccc1.Cc1ccc(-c2cnc(-c3[c-]cccc3)cc2C)cc1.[Ir].[Ir].[Ir].[Ir].[c-]1ccccc1-c1ccccn1.[c-]1ccccc1-c1nccc2ccccc12.[c-]1ccccc1-c1nccc2ccccc12. The van der Waals surface area contributed by atoms with Gasteiger partial charge in [-0.3, -0.25) is 4.79 Å². The molecule has 132 heavy (non-hydrogen) atoms. The third-order valence-corrected chi connectivity index (χ3v) is 20.3. The number of rotatable bonds is 12. The fourth-order valence-electron chi connectivity index (χ4n) is 13.9. The van der Waals surface area contributed by atoms with E-state index in [1.165, 1.54) is 114 Å². The Hall–Kier alpha value is -13.8. The molecule has 20 rings (SSSR count). The van der Waals surface area contributed by atoms with Crippen molar-refractivity contribution in [3.63, 3.8) is 0 Å². The van der Waals surface area contributed by atoms with Crippen LogP contribution in [0.15, 0.2) is 443 Å². The van der Waals surface area contributed by atoms with Crippen molar-refractivity contribution in [3.8, 4) is 123 Å². The van der Waals surface area contributed by atoms with E-state index in [0.717, 1.165) is 78.8 Å². The van der Waals surface area contributed by atoms with E-state index in [4.69, 9.17) is 5.11 Å². The van der Waals surface area contributed by atoms with Gasteiger partial charge in [-0.05, 0) is 173 Å². The van der Waals surface area contributed by atoms with E-state index in [9.17, 15) is 4.79 Å². The summed E-state index contributed by atoms with van der Waals surface area (Å²) in [5, 5.41) is 13.1. The molecule has 0 saturated carbocycles. The normalized spacial score (nSPS) is 10.1. The number of carbonyl (C=O) groups excluding carboxylic acids is 1. The van der Waals surface area contributed by atoms with Crippen LogP contribution in [-0.2, 0) is 85.2 Å². The molecule has 13 heteroatoms. The van der Waals surface area contributed by atoms with Gasteiger partial charge in [0.25, 0.3) is 0 Å². The Morgan fingerprint density at radius 1 is 0.258 bits per heavy atom. The Labute approximate surface area is 830 Å².